The Bertz CT molecular complexity index is 1000. The van der Waals surface area contributed by atoms with Crippen molar-refractivity contribution in [3.05, 3.63) is 101 Å². The molecule has 0 atom stereocenters. The summed E-state index contributed by atoms with van der Waals surface area (Å²) < 4.78 is 2.21. The quantitative estimate of drug-likeness (QED) is 0.338. The van der Waals surface area contributed by atoms with Gasteiger partial charge in [0.15, 0.2) is 0 Å². The van der Waals surface area contributed by atoms with E-state index in [9.17, 15) is 0 Å². The summed E-state index contributed by atoms with van der Waals surface area (Å²) in [6, 6.07) is 30.8. The number of hydrogen-bond acceptors (Lipinski definition) is 0. The lowest BCUT2D eigenvalue weighted by Gasteiger charge is -2.10. The van der Waals surface area contributed by atoms with Crippen molar-refractivity contribution in [1.82, 2.24) is 0 Å². The molecule has 0 N–H and O–H groups in total. The molecule has 1 nitrogen and oxygen atoms in total. The summed E-state index contributed by atoms with van der Waals surface area (Å²) in [4.78, 5) is 0. The molecule has 0 unspecified atom stereocenters. The molecule has 3 aromatic carbocycles. The van der Waals surface area contributed by atoms with Gasteiger partial charge in [0.05, 0.1) is 0 Å². The van der Waals surface area contributed by atoms with Gasteiger partial charge in [-0.05, 0) is 59.7 Å². The third-order valence-corrected chi connectivity index (χ3v) is 5.20. The van der Waals surface area contributed by atoms with E-state index < -0.39 is 0 Å². The maximum Gasteiger partial charge on any atom is 0.213 e. The number of hydrogen-bond donors (Lipinski definition) is 0. The number of benzene rings is 3. The van der Waals surface area contributed by atoms with Crippen LogP contribution in [0.2, 0.25) is 10.0 Å². The standard InChI is InChI=1S/C24H18Cl2N/c1-27-23(18-7-11-21(25)12-8-18)15-20(17-5-3-2-4-6-17)16-24(27)19-9-13-22(26)14-10-19/h2-16H,1H3/q+1. The fourth-order valence-corrected chi connectivity index (χ4v) is 3.50. The Hall–Kier alpha value is -2.61. The van der Waals surface area contributed by atoms with Crippen molar-refractivity contribution in [3.8, 4) is 33.6 Å². The molecule has 0 saturated carbocycles. The lowest BCUT2D eigenvalue weighted by Crippen LogP contribution is -2.34. The molecule has 27 heavy (non-hydrogen) atoms. The first-order chi connectivity index (χ1) is 13.1. The predicted molar refractivity (Wildman–Crippen MR) is 114 cm³/mol. The monoisotopic (exact) mass is 390 g/mol. The van der Waals surface area contributed by atoms with Crippen molar-refractivity contribution in [2.24, 2.45) is 7.05 Å². The summed E-state index contributed by atoms with van der Waals surface area (Å²) in [5.41, 5.74) is 6.84. The summed E-state index contributed by atoms with van der Waals surface area (Å²) >= 11 is 12.2. The molecule has 4 aromatic rings. The van der Waals surface area contributed by atoms with Crippen molar-refractivity contribution in [2.45, 2.75) is 0 Å². The second-order valence-electron chi connectivity index (χ2n) is 6.45. The number of nitrogens with zero attached hydrogens (tertiary/aromatic N) is 1. The Morgan fingerprint density at radius 1 is 0.519 bits per heavy atom. The Kier molecular flexibility index (Phi) is 4.98. The van der Waals surface area contributed by atoms with Crippen LogP contribution in [0.5, 0.6) is 0 Å². The topological polar surface area (TPSA) is 3.88 Å². The van der Waals surface area contributed by atoms with Crippen LogP contribution in [-0.2, 0) is 7.05 Å². The molecule has 0 amide bonds. The van der Waals surface area contributed by atoms with Crippen LogP contribution in [-0.4, -0.2) is 0 Å². The Morgan fingerprint density at radius 3 is 1.41 bits per heavy atom. The first-order valence-electron chi connectivity index (χ1n) is 8.73. The van der Waals surface area contributed by atoms with E-state index in [2.05, 4.69) is 72.3 Å². The van der Waals surface area contributed by atoms with Gasteiger partial charge in [0.1, 0.15) is 7.05 Å². The third-order valence-electron chi connectivity index (χ3n) is 4.69. The summed E-state index contributed by atoms with van der Waals surface area (Å²) in [6.07, 6.45) is 0. The van der Waals surface area contributed by atoms with Gasteiger partial charge >= 0.3 is 0 Å². The van der Waals surface area contributed by atoms with Crippen LogP contribution in [0.25, 0.3) is 33.6 Å². The molecule has 0 saturated heterocycles. The lowest BCUT2D eigenvalue weighted by molar-refractivity contribution is -0.649. The SMILES string of the molecule is C[n+]1c(-c2ccc(Cl)cc2)cc(-c2ccccc2)cc1-c1ccc(Cl)cc1. The van der Waals surface area contributed by atoms with E-state index in [1.807, 2.05) is 30.3 Å². The van der Waals surface area contributed by atoms with Crippen molar-refractivity contribution < 1.29 is 4.57 Å². The molecule has 0 radical (unpaired) electrons. The first kappa shape index (κ1) is 17.8. The van der Waals surface area contributed by atoms with Gasteiger partial charge in [-0.2, -0.15) is 4.57 Å². The van der Waals surface area contributed by atoms with Crippen LogP contribution in [0, 0.1) is 0 Å². The summed E-state index contributed by atoms with van der Waals surface area (Å²) in [7, 11) is 2.09. The molecule has 0 spiro atoms. The molecule has 0 aliphatic carbocycles. The van der Waals surface area contributed by atoms with Gasteiger partial charge < -0.3 is 0 Å². The van der Waals surface area contributed by atoms with Gasteiger partial charge in [-0.1, -0.05) is 53.5 Å². The predicted octanol–water partition coefficient (Wildman–Crippen LogP) is 6.82. The maximum absolute atomic E-state index is 6.09. The molecule has 1 aromatic heterocycles. The van der Waals surface area contributed by atoms with E-state index in [1.54, 1.807) is 0 Å². The largest absolute Gasteiger partial charge is 0.213 e. The Balaban J connectivity index is 1.96. The highest BCUT2D eigenvalue weighted by Crippen LogP contribution is 2.29. The lowest BCUT2D eigenvalue weighted by atomic mass is 9.99. The van der Waals surface area contributed by atoms with E-state index in [1.165, 1.54) is 11.1 Å². The van der Waals surface area contributed by atoms with Crippen molar-refractivity contribution in [2.75, 3.05) is 0 Å². The molecule has 0 aliphatic heterocycles. The molecule has 0 aliphatic rings. The highest BCUT2D eigenvalue weighted by atomic mass is 35.5. The van der Waals surface area contributed by atoms with Gasteiger partial charge in [0, 0.05) is 33.3 Å². The zero-order valence-electron chi connectivity index (χ0n) is 14.9. The van der Waals surface area contributed by atoms with Crippen molar-refractivity contribution >= 4 is 23.2 Å². The minimum absolute atomic E-state index is 0.735. The fourth-order valence-electron chi connectivity index (χ4n) is 3.25. The van der Waals surface area contributed by atoms with Crippen molar-refractivity contribution in [3.63, 3.8) is 0 Å². The number of halogens is 2. The molecule has 0 bridgehead atoms. The highest BCUT2D eigenvalue weighted by Gasteiger charge is 2.19. The van der Waals surface area contributed by atoms with E-state index in [0.29, 0.717) is 0 Å². The van der Waals surface area contributed by atoms with Gasteiger partial charge in [-0.3, -0.25) is 0 Å². The van der Waals surface area contributed by atoms with Crippen LogP contribution in [0.3, 0.4) is 0 Å². The fraction of sp³-hybridized carbons (Fsp3) is 0.0417. The smallest absolute Gasteiger partial charge is 0.194 e. The molecular formula is C24H18Cl2N+. The molecule has 0 fully saturated rings. The Labute approximate surface area is 169 Å². The van der Waals surface area contributed by atoms with E-state index in [0.717, 1.165) is 32.6 Å². The number of aromatic nitrogens is 1. The first-order valence-corrected chi connectivity index (χ1v) is 9.49. The third kappa shape index (κ3) is 3.75. The van der Waals surface area contributed by atoms with Crippen LogP contribution < -0.4 is 4.57 Å². The molecular weight excluding hydrogens is 373 g/mol. The normalized spacial score (nSPS) is 10.8. The zero-order chi connectivity index (χ0) is 18.8. The average molecular weight is 391 g/mol. The second-order valence-corrected chi connectivity index (χ2v) is 7.33. The molecule has 3 heteroatoms. The van der Waals surface area contributed by atoms with Crippen molar-refractivity contribution in [1.29, 1.82) is 0 Å². The zero-order valence-corrected chi connectivity index (χ0v) is 16.4. The van der Waals surface area contributed by atoms with Crippen LogP contribution >= 0.6 is 23.2 Å². The minimum atomic E-state index is 0.735. The molecule has 1 heterocycles. The van der Waals surface area contributed by atoms with Crippen LogP contribution in [0.15, 0.2) is 91.0 Å². The Morgan fingerprint density at radius 2 is 0.963 bits per heavy atom. The van der Waals surface area contributed by atoms with E-state index >= 15 is 0 Å². The number of pyridine rings is 1. The van der Waals surface area contributed by atoms with Crippen LogP contribution in [0.1, 0.15) is 0 Å². The maximum atomic E-state index is 6.09. The van der Waals surface area contributed by atoms with E-state index in [4.69, 9.17) is 23.2 Å². The van der Waals surface area contributed by atoms with Gasteiger partial charge in [-0.25, -0.2) is 0 Å². The van der Waals surface area contributed by atoms with E-state index in [-0.39, 0.29) is 0 Å². The minimum Gasteiger partial charge on any atom is -0.194 e. The molecule has 4 rings (SSSR count). The van der Waals surface area contributed by atoms with Gasteiger partial charge in [0.2, 0.25) is 11.4 Å². The summed E-state index contributed by atoms with van der Waals surface area (Å²) in [5.74, 6) is 0. The summed E-state index contributed by atoms with van der Waals surface area (Å²) in [6.45, 7) is 0. The van der Waals surface area contributed by atoms with Crippen LogP contribution in [0.4, 0.5) is 0 Å². The summed E-state index contributed by atoms with van der Waals surface area (Å²) in [5, 5.41) is 1.47. The highest BCUT2D eigenvalue weighted by molar-refractivity contribution is 6.30. The number of rotatable bonds is 3. The molecule has 132 valence electrons. The average Bonchev–Trinajstić information content (AvgIpc) is 2.70. The van der Waals surface area contributed by atoms with Gasteiger partial charge in [-0.15, -0.1) is 0 Å². The second kappa shape index (κ2) is 7.56. The van der Waals surface area contributed by atoms with Gasteiger partial charge in [0.25, 0.3) is 0 Å².